The standard InChI is InChI=1S/C9H15N3O2S/c1-9(2,7(11)15)8(14)12-4-3-5(12)6(10)13/h5H,3-4H2,1-2H3,(H2,10,13)(H2,11,15). The smallest absolute Gasteiger partial charge is 0.240 e. The molecule has 1 unspecified atom stereocenters. The first-order valence-electron chi connectivity index (χ1n) is 4.68. The van der Waals surface area contributed by atoms with Crippen molar-refractivity contribution >= 4 is 29.0 Å². The van der Waals surface area contributed by atoms with Crippen molar-refractivity contribution in [1.82, 2.24) is 4.90 Å². The van der Waals surface area contributed by atoms with Crippen LogP contribution in [0.25, 0.3) is 0 Å². The molecule has 0 saturated carbocycles. The number of rotatable bonds is 3. The van der Waals surface area contributed by atoms with Crippen molar-refractivity contribution < 1.29 is 9.59 Å². The minimum Gasteiger partial charge on any atom is -0.392 e. The average Bonchev–Trinajstić information content (AvgIpc) is 2.00. The number of hydrogen-bond donors (Lipinski definition) is 2. The zero-order chi connectivity index (χ0) is 11.8. The third-order valence-electron chi connectivity index (χ3n) is 2.76. The highest BCUT2D eigenvalue weighted by Gasteiger charge is 2.43. The van der Waals surface area contributed by atoms with Gasteiger partial charge in [0.2, 0.25) is 11.8 Å². The van der Waals surface area contributed by atoms with Crippen LogP contribution >= 0.6 is 12.2 Å². The Morgan fingerprint density at radius 1 is 1.40 bits per heavy atom. The second kappa shape index (κ2) is 3.77. The number of nitrogens with two attached hydrogens (primary N) is 2. The van der Waals surface area contributed by atoms with Crippen molar-refractivity contribution in [2.45, 2.75) is 26.3 Å². The van der Waals surface area contributed by atoms with Crippen LogP contribution in [0.5, 0.6) is 0 Å². The van der Waals surface area contributed by atoms with Crippen molar-refractivity contribution in [2.24, 2.45) is 16.9 Å². The van der Waals surface area contributed by atoms with Gasteiger partial charge in [0, 0.05) is 6.54 Å². The Labute approximate surface area is 93.8 Å². The molecule has 0 aliphatic carbocycles. The third kappa shape index (κ3) is 1.94. The molecule has 0 aromatic carbocycles. The summed E-state index contributed by atoms with van der Waals surface area (Å²) in [6.45, 7) is 3.83. The first kappa shape index (κ1) is 11.9. The van der Waals surface area contributed by atoms with Crippen LogP contribution in [0.15, 0.2) is 0 Å². The first-order valence-corrected chi connectivity index (χ1v) is 5.09. The van der Waals surface area contributed by atoms with Gasteiger partial charge in [0.05, 0.1) is 10.4 Å². The van der Waals surface area contributed by atoms with Gasteiger partial charge in [-0.2, -0.15) is 0 Å². The number of carbonyl (C=O) groups excluding carboxylic acids is 2. The van der Waals surface area contributed by atoms with Gasteiger partial charge in [0.15, 0.2) is 0 Å². The van der Waals surface area contributed by atoms with Crippen LogP contribution in [0.3, 0.4) is 0 Å². The Hall–Kier alpha value is -1.17. The molecule has 84 valence electrons. The molecule has 1 fully saturated rings. The molecule has 1 saturated heterocycles. The van der Waals surface area contributed by atoms with Crippen LogP contribution < -0.4 is 11.5 Å². The summed E-state index contributed by atoms with van der Waals surface area (Å²) < 4.78 is 0. The summed E-state index contributed by atoms with van der Waals surface area (Å²) in [4.78, 5) is 24.5. The fraction of sp³-hybridized carbons (Fsp3) is 0.667. The molecule has 1 heterocycles. The van der Waals surface area contributed by atoms with E-state index in [9.17, 15) is 9.59 Å². The van der Waals surface area contributed by atoms with E-state index in [1.54, 1.807) is 13.8 Å². The second-order valence-corrected chi connectivity index (χ2v) is 4.63. The molecule has 0 radical (unpaired) electrons. The summed E-state index contributed by atoms with van der Waals surface area (Å²) >= 11 is 4.82. The lowest BCUT2D eigenvalue weighted by Gasteiger charge is -2.42. The Morgan fingerprint density at radius 2 is 1.93 bits per heavy atom. The molecule has 0 aromatic rings. The van der Waals surface area contributed by atoms with Crippen molar-refractivity contribution in [3.8, 4) is 0 Å². The monoisotopic (exact) mass is 229 g/mol. The summed E-state index contributed by atoms with van der Waals surface area (Å²) in [7, 11) is 0. The minimum atomic E-state index is -0.913. The van der Waals surface area contributed by atoms with E-state index in [4.69, 9.17) is 23.7 Å². The van der Waals surface area contributed by atoms with Crippen molar-refractivity contribution in [1.29, 1.82) is 0 Å². The van der Waals surface area contributed by atoms with Gasteiger partial charge < -0.3 is 16.4 Å². The Morgan fingerprint density at radius 3 is 2.20 bits per heavy atom. The highest BCUT2D eigenvalue weighted by molar-refractivity contribution is 7.80. The molecular weight excluding hydrogens is 214 g/mol. The molecule has 1 rings (SSSR count). The zero-order valence-electron chi connectivity index (χ0n) is 8.82. The van der Waals surface area contributed by atoms with Gasteiger partial charge in [-0.3, -0.25) is 9.59 Å². The van der Waals surface area contributed by atoms with Crippen LogP contribution in [-0.4, -0.2) is 34.3 Å². The Bertz CT molecular complexity index is 327. The van der Waals surface area contributed by atoms with Gasteiger partial charge in [-0.1, -0.05) is 12.2 Å². The molecule has 0 spiro atoms. The second-order valence-electron chi connectivity index (χ2n) is 4.19. The lowest BCUT2D eigenvalue weighted by molar-refractivity contribution is -0.150. The van der Waals surface area contributed by atoms with Crippen LogP contribution in [0.2, 0.25) is 0 Å². The maximum absolute atomic E-state index is 12.0. The molecule has 0 aromatic heterocycles. The summed E-state index contributed by atoms with van der Waals surface area (Å²) in [6.07, 6.45) is 0.620. The van der Waals surface area contributed by atoms with Gasteiger partial charge >= 0.3 is 0 Å². The van der Waals surface area contributed by atoms with Gasteiger partial charge in [-0.05, 0) is 20.3 Å². The van der Waals surface area contributed by atoms with E-state index < -0.39 is 17.4 Å². The van der Waals surface area contributed by atoms with E-state index >= 15 is 0 Å². The number of carbonyl (C=O) groups is 2. The molecule has 4 N–H and O–H groups in total. The van der Waals surface area contributed by atoms with Crippen molar-refractivity contribution in [3.63, 3.8) is 0 Å². The van der Waals surface area contributed by atoms with Crippen LogP contribution in [0, 0.1) is 5.41 Å². The summed E-state index contributed by atoms with van der Waals surface area (Å²) in [5.41, 5.74) is 9.71. The van der Waals surface area contributed by atoms with Crippen molar-refractivity contribution in [2.75, 3.05) is 6.54 Å². The van der Waals surface area contributed by atoms with E-state index in [1.165, 1.54) is 4.90 Å². The predicted octanol–water partition coefficient (Wildman–Crippen LogP) is -0.615. The minimum absolute atomic E-state index is 0.127. The number of hydrogen-bond acceptors (Lipinski definition) is 3. The number of likely N-dealkylation sites (tertiary alicyclic amines) is 1. The third-order valence-corrected chi connectivity index (χ3v) is 3.27. The number of thiocarbonyl (C=S) groups is 1. The average molecular weight is 229 g/mol. The molecule has 1 atom stereocenters. The quantitative estimate of drug-likeness (QED) is 0.631. The molecule has 0 bridgehead atoms. The molecule has 1 aliphatic heterocycles. The summed E-state index contributed by atoms with van der Waals surface area (Å²) in [5.74, 6) is -0.710. The maximum Gasteiger partial charge on any atom is 0.240 e. The van der Waals surface area contributed by atoms with Crippen LogP contribution in [-0.2, 0) is 9.59 Å². The fourth-order valence-electron chi connectivity index (χ4n) is 1.39. The number of nitrogens with zero attached hydrogens (tertiary/aromatic N) is 1. The molecule has 15 heavy (non-hydrogen) atoms. The highest BCUT2D eigenvalue weighted by Crippen LogP contribution is 2.26. The van der Waals surface area contributed by atoms with E-state index in [0.717, 1.165) is 0 Å². The molecular formula is C9H15N3O2S. The van der Waals surface area contributed by atoms with E-state index in [1.807, 2.05) is 0 Å². The molecule has 1 aliphatic rings. The Balaban J connectivity index is 2.78. The van der Waals surface area contributed by atoms with Gasteiger partial charge in [-0.15, -0.1) is 0 Å². The largest absolute Gasteiger partial charge is 0.392 e. The van der Waals surface area contributed by atoms with Crippen molar-refractivity contribution in [3.05, 3.63) is 0 Å². The maximum atomic E-state index is 12.0. The lowest BCUT2D eigenvalue weighted by atomic mass is 9.88. The van der Waals surface area contributed by atoms with Crippen LogP contribution in [0.1, 0.15) is 20.3 Å². The summed E-state index contributed by atoms with van der Waals surface area (Å²) in [6, 6.07) is -0.494. The summed E-state index contributed by atoms with van der Waals surface area (Å²) in [5, 5.41) is 0. The Kier molecular flexibility index (Phi) is 2.99. The topological polar surface area (TPSA) is 89.4 Å². The molecule has 2 amide bonds. The van der Waals surface area contributed by atoms with Crippen LogP contribution in [0.4, 0.5) is 0 Å². The molecule has 6 heteroatoms. The normalized spacial score (nSPS) is 20.7. The van der Waals surface area contributed by atoms with E-state index in [-0.39, 0.29) is 10.9 Å². The van der Waals surface area contributed by atoms with E-state index in [0.29, 0.717) is 13.0 Å². The highest BCUT2D eigenvalue weighted by atomic mass is 32.1. The number of primary amides is 1. The van der Waals surface area contributed by atoms with Gasteiger partial charge in [0.1, 0.15) is 6.04 Å². The zero-order valence-corrected chi connectivity index (χ0v) is 9.63. The first-order chi connectivity index (χ1) is 6.78. The number of amides is 2. The van der Waals surface area contributed by atoms with E-state index in [2.05, 4.69) is 0 Å². The lowest BCUT2D eigenvalue weighted by Crippen LogP contribution is -2.61. The predicted molar refractivity (Wildman–Crippen MR) is 59.9 cm³/mol. The SMILES string of the molecule is CC(C)(C(=O)N1CCC1C(N)=O)C(N)=S. The molecule has 5 nitrogen and oxygen atoms in total. The van der Waals surface area contributed by atoms with Gasteiger partial charge in [0.25, 0.3) is 0 Å². The fourth-order valence-corrected chi connectivity index (χ4v) is 1.48. The van der Waals surface area contributed by atoms with Gasteiger partial charge in [-0.25, -0.2) is 0 Å².